The van der Waals surface area contributed by atoms with E-state index in [4.69, 9.17) is 17.3 Å². The normalized spacial score (nSPS) is 12.3. The van der Waals surface area contributed by atoms with Gasteiger partial charge in [0, 0.05) is 11.8 Å². The first-order valence-corrected chi connectivity index (χ1v) is 6.61. The molecule has 0 saturated carbocycles. The zero-order valence-corrected chi connectivity index (χ0v) is 12.4. The van der Waals surface area contributed by atoms with E-state index in [0.29, 0.717) is 23.6 Å². The number of amides is 1. The maximum atomic E-state index is 11.9. The van der Waals surface area contributed by atoms with Crippen LogP contribution in [-0.4, -0.2) is 16.9 Å². The van der Waals surface area contributed by atoms with E-state index in [0.717, 1.165) is 0 Å². The van der Waals surface area contributed by atoms with Crippen LogP contribution in [0.3, 0.4) is 0 Å². The summed E-state index contributed by atoms with van der Waals surface area (Å²) >= 11 is 5.82. The summed E-state index contributed by atoms with van der Waals surface area (Å²) in [6, 6.07) is 2.07. The van der Waals surface area contributed by atoms with Gasteiger partial charge in [0.15, 0.2) is 0 Å². The molecule has 0 aromatic heterocycles. The molecular formula is C13H18ClN3O3. The van der Waals surface area contributed by atoms with Crippen molar-refractivity contribution in [3.05, 3.63) is 32.8 Å². The van der Waals surface area contributed by atoms with Crippen molar-refractivity contribution >= 4 is 28.9 Å². The number of aryl methyl sites for hydroxylation is 1. The number of nitrogens with one attached hydrogen (secondary N) is 1. The van der Waals surface area contributed by atoms with Gasteiger partial charge in [0.25, 0.3) is 5.69 Å². The van der Waals surface area contributed by atoms with Gasteiger partial charge in [-0.1, -0.05) is 25.4 Å². The van der Waals surface area contributed by atoms with E-state index >= 15 is 0 Å². The van der Waals surface area contributed by atoms with E-state index in [9.17, 15) is 14.9 Å². The summed E-state index contributed by atoms with van der Waals surface area (Å²) in [6.07, 6.45) is 0.561. The Labute approximate surface area is 122 Å². The molecule has 0 bridgehead atoms. The number of nitro benzene ring substituents is 1. The second kappa shape index (κ2) is 6.67. The Bertz CT molecular complexity index is 532. The average molecular weight is 300 g/mol. The third kappa shape index (κ3) is 4.18. The number of anilines is 1. The molecule has 0 aliphatic heterocycles. The van der Waals surface area contributed by atoms with Crippen molar-refractivity contribution in [1.29, 1.82) is 0 Å². The standard InChI is InChI=1S/C13H18ClN3O3/c1-7(2)4-10(15)13(18)16-11-6-9(14)12(17(19)20)5-8(11)3/h5-7,10H,4,15H2,1-3H3,(H,16,18)/t10-/m0/s1. The molecule has 0 heterocycles. The minimum Gasteiger partial charge on any atom is -0.324 e. The summed E-state index contributed by atoms with van der Waals surface area (Å²) < 4.78 is 0. The third-order valence-corrected chi connectivity index (χ3v) is 3.11. The molecule has 1 rings (SSSR count). The Kier molecular flexibility index (Phi) is 5.47. The van der Waals surface area contributed by atoms with Crippen molar-refractivity contribution in [3.63, 3.8) is 0 Å². The summed E-state index contributed by atoms with van der Waals surface area (Å²) in [6.45, 7) is 5.61. The number of halogens is 1. The molecule has 1 aromatic rings. The summed E-state index contributed by atoms with van der Waals surface area (Å²) in [5, 5.41) is 13.4. The third-order valence-electron chi connectivity index (χ3n) is 2.81. The molecular weight excluding hydrogens is 282 g/mol. The first kappa shape index (κ1) is 16.4. The van der Waals surface area contributed by atoms with Gasteiger partial charge in [0.1, 0.15) is 5.02 Å². The Morgan fingerprint density at radius 1 is 1.50 bits per heavy atom. The lowest BCUT2D eigenvalue weighted by atomic mass is 10.0. The van der Waals surface area contributed by atoms with Gasteiger partial charge in [0.2, 0.25) is 5.91 Å². The average Bonchev–Trinajstić information content (AvgIpc) is 2.31. The van der Waals surface area contributed by atoms with Crippen molar-refractivity contribution in [1.82, 2.24) is 0 Å². The molecule has 0 saturated heterocycles. The number of carbonyl (C=O) groups is 1. The molecule has 0 aliphatic carbocycles. The van der Waals surface area contributed by atoms with Crippen molar-refractivity contribution in [2.75, 3.05) is 5.32 Å². The first-order valence-electron chi connectivity index (χ1n) is 6.23. The monoisotopic (exact) mass is 299 g/mol. The molecule has 20 heavy (non-hydrogen) atoms. The van der Waals surface area contributed by atoms with Crippen LogP contribution in [-0.2, 0) is 4.79 Å². The molecule has 110 valence electrons. The Balaban J connectivity index is 2.91. The minimum atomic E-state index is -0.622. The zero-order chi connectivity index (χ0) is 15.4. The lowest BCUT2D eigenvalue weighted by Crippen LogP contribution is -2.36. The van der Waals surface area contributed by atoms with Crippen LogP contribution in [0.1, 0.15) is 25.8 Å². The van der Waals surface area contributed by atoms with E-state index < -0.39 is 11.0 Å². The predicted octanol–water partition coefficient (Wildman–Crippen LogP) is 2.87. The Morgan fingerprint density at radius 2 is 2.10 bits per heavy atom. The number of hydrogen-bond acceptors (Lipinski definition) is 4. The van der Waals surface area contributed by atoms with Crippen LogP contribution in [0.2, 0.25) is 5.02 Å². The molecule has 1 aromatic carbocycles. The van der Waals surface area contributed by atoms with Gasteiger partial charge in [-0.2, -0.15) is 0 Å². The second-order valence-electron chi connectivity index (χ2n) is 5.10. The molecule has 7 heteroatoms. The van der Waals surface area contributed by atoms with E-state index in [1.807, 2.05) is 13.8 Å². The van der Waals surface area contributed by atoms with E-state index in [1.54, 1.807) is 6.92 Å². The van der Waals surface area contributed by atoms with Crippen LogP contribution in [0.25, 0.3) is 0 Å². The van der Waals surface area contributed by atoms with Crippen LogP contribution < -0.4 is 11.1 Å². The summed E-state index contributed by atoms with van der Waals surface area (Å²) in [5.74, 6) is -0.0241. The van der Waals surface area contributed by atoms with Crippen molar-refractivity contribution in [3.8, 4) is 0 Å². The molecule has 0 spiro atoms. The van der Waals surface area contributed by atoms with E-state index in [-0.39, 0.29) is 16.6 Å². The van der Waals surface area contributed by atoms with Gasteiger partial charge in [0.05, 0.1) is 11.0 Å². The lowest BCUT2D eigenvalue weighted by Gasteiger charge is -2.15. The van der Waals surface area contributed by atoms with Gasteiger partial charge in [-0.3, -0.25) is 14.9 Å². The van der Waals surface area contributed by atoms with Crippen LogP contribution in [0.4, 0.5) is 11.4 Å². The maximum Gasteiger partial charge on any atom is 0.288 e. The number of carbonyl (C=O) groups excluding carboxylic acids is 1. The molecule has 0 aliphatic rings. The highest BCUT2D eigenvalue weighted by Gasteiger charge is 2.19. The lowest BCUT2D eigenvalue weighted by molar-refractivity contribution is -0.384. The predicted molar refractivity (Wildman–Crippen MR) is 78.9 cm³/mol. The highest BCUT2D eigenvalue weighted by Crippen LogP contribution is 2.30. The van der Waals surface area contributed by atoms with Crippen LogP contribution in [0.5, 0.6) is 0 Å². The Hall–Kier alpha value is -1.66. The van der Waals surface area contributed by atoms with Crippen molar-refractivity contribution in [2.45, 2.75) is 33.2 Å². The number of nitrogens with two attached hydrogens (primary N) is 1. The highest BCUT2D eigenvalue weighted by molar-refractivity contribution is 6.33. The highest BCUT2D eigenvalue weighted by atomic mass is 35.5. The van der Waals surface area contributed by atoms with Crippen molar-refractivity contribution < 1.29 is 9.72 Å². The number of hydrogen-bond donors (Lipinski definition) is 2. The number of rotatable bonds is 5. The van der Waals surface area contributed by atoms with Gasteiger partial charge < -0.3 is 11.1 Å². The number of nitrogens with zero attached hydrogens (tertiary/aromatic N) is 1. The maximum absolute atomic E-state index is 11.9. The topological polar surface area (TPSA) is 98.3 Å². The molecule has 1 amide bonds. The van der Waals surface area contributed by atoms with Crippen LogP contribution in [0.15, 0.2) is 12.1 Å². The van der Waals surface area contributed by atoms with Gasteiger partial charge in [-0.05, 0) is 30.9 Å². The molecule has 1 atom stereocenters. The fourth-order valence-corrected chi connectivity index (χ4v) is 2.01. The number of nitro groups is 1. The Morgan fingerprint density at radius 3 is 2.60 bits per heavy atom. The van der Waals surface area contributed by atoms with E-state index in [2.05, 4.69) is 5.32 Å². The summed E-state index contributed by atoms with van der Waals surface area (Å²) in [5.41, 5.74) is 6.59. The molecule has 0 unspecified atom stereocenters. The van der Waals surface area contributed by atoms with Gasteiger partial charge in [-0.25, -0.2) is 0 Å². The minimum absolute atomic E-state index is 0.0201. The molecule has 6 nitrogen and oxygen atoms in total. The van der Waals surface area contributed by atoms with Crippen LogP contribution >= 0.6 is 11.6 Å². The first-order chi connectivity index (χ1) is 9.22. The van der Waals surface area contributed by atoms with Crippen molar-refractivity contribution in [2.24, 2.45) is 11.7 Å². The molecule has 0 fully saturated rings. The quantitative estimate of drug-likeness (QED) is 0.645. The molecule has 3 N–H and O–H groups in total. The van der Waals surface area contributed by atoms with Gasteiger partial charge in [-0.15, -0.1) is 0 Å². The largest absolute Gasteiger partial charge is 0.324 e. The van der Waals surface area contributed by atoms with E-state index in [1.165, 1.54) is 12.1 Å². The van der Waals surface area contributed by atoms with Crippen LogP contribution in [0, 0.1) is 23.0 Å². The zero-order valence-electron chi connectivity index (χ0n) is 11.6. The summed E-state index contributed by atoms with van der Waals surface area (Å²) in [4.78, 5) is 22.1. The second-order valence-corrected chi connectivity index (χ2v) is 5.51. The smallest absolute Gasteiger partial charge is 0.288 e. The fourth-order valence-electron chi connectivity index (χ4n) is 1.78. The van der Waals surface area contributed by atoms with Gasteiger partial charge >= 0.3 is 0 Å². The SMILES string of the molecule is Cc1cc([N+](=O)[O-])c(Cl)cc1NC(=O)[C@@H](N)CC(C)C. The fraction of sp³-hybridized carbons (Fsp3) is 0.462. The summed E-state index contributed by atoms with van der Waals surface area (Å²) in [7, 11) is 0. The number of benzene rings is 1. The molecule has 0 radical (unpaired) electrons.